The van der Waals surface area contributed by atoms with Gasteiger partial charge in [0.25, 0.3) is 0 Å². The maximum atomic E-state index is 14.3. The van der Waals surface area contributed by atoms with Crippen molar-refractivity contribution in [3.05, 3.63) is 29.6 Å². The number of carbonyl (C=O) groups is 1. The summed E-state index contributed by atoms with van der Waals surface area (Å²) in [7, 11) is 0. The number of benzene rings is 1. The van der Waals surface area contributed by atoms with E-state index < -0.39 is 0 Å². The molecule has 0 radical (unpaired) electrons. The Bertz CT molecular complexity index is 516. The highest BCUT2D eigenvalue weighted by molar-refractivity contribution is 5.74. The minimum absolute atomic E-state index is 0.0381. The van der Waals surface area contributed by atoms with E-state index in [1.165, 1.54) is 6.07 Å². The van der Waals surface area contributed by atoms with E-state index in [-0.39, 0.29) is 30.3 Å². The lowest BCUT2D eigenvalue weighted by Gasteiger charge is -2.31. The smallest absolute Gasteiger partial charge is 0.218 e. The van der Waals surface area contributed by atoms with Crippen molar-refractivity contribution in [3.8, 4) is 0 Å². The van der Waals surface area contributed by atoms with Gasteiger partial charge in [0.1, 0.15) is 5.82 Å². The molecular formula is C16H24FN3O2. The monoisotopic (exact) mass is 309 g/mol. The van der Waals surface area contributed by atoms with E-state index in [1.54, 1.807) is 6.07 Å². The first kappa shape index (κ1) is 16.7. The Hall–Kier alpha value is -1.66. The lowest BCUT2D eigenvalue weighted by molar-refractivity contribution is -0.118. The molecule has 5 nitrogen and oxygen atoms in total. The molecular weight excluding hydrogens is 285 g/mol. The molecule has 1 aliphatic rings. The Morgan fingerprint density at radius 1 is 1.50 bits per heavy atom. The lowest BCUT2D eigenvalue weighted by Crippen LogP contribution is -2.36. The SMILES string of the molecule is CC(CC(N)=O)NCc1ccc(N2CCC(O)CC2)c(F)c1. The van der Waals surface area contributed by atoms with Crippen molar-refractivity contribution in [2.45, 2.75) is 44.9 Å². The molecule has 122 valence electrons. The van der Waals surface area contributed by atoms with E-state index in [2.05, 4.69) is 5.32 Å². The van der Waals surface area contributed by atoms with Gasteiger partial charge in [-0.1, -0.05) is 6.07 Å². The van der Waals surface area contributed by atoms with Crippen LogP contribution in [0.4, 0.5) is 10.1 Å². The van der Waals surface area contributed by atoms with Gasteiger partial charge in [-0.05, 0) is 37.5 Å². The second-order valence-corrected chi connectivity index (χ2v) is 5.96. The second-order valence-electron chi connectivity index (χ2n) is 5.96. The first-order chi connectivity index (χ1) is 10.5. The predicted octanol–water partition coefficient (Wildman–Crippen LogP) is 1.14. The summed E-state index contributed by atoms with van der Waals surface area (Å²) in [5, 5.41) is 12.7. The van der Waals surface area contributed by atoms with E-state index in [0.29, 0.717) is 38.2 Å². The topological polar surface area (TPSA) is 78.6 Å². The van der Waals surface area contributed by atoms with Gasteiger partial charge in [0.15, 0.2) is 0 Å². The van der Waals surface area contributed by atoms with Gasteiger partial charge in [-0.15, -0.1) is 0 Å². The molecule has 1 amide bonds. The molecule has 22 heavy (non-hydrogen) atoms. The summed E-state index contributed by atoms with van der Waals surface area (Å²) < 4.78 is 14.3. The van der Waals surface area contributed by atoms with Crippen molar-refractivity contribution < 1.29 is 14.3 Å². The normalized spacial score (nSPS) is 17.5. The number of carbonyl (C=O) groups excluding carboxylic acids is 1. The molecule has 1 saturated heterocycles. The van der Waals surface area contributed by atoms with Crippen molar-refractivity contribution in [1.82, 2.24) is 5.32 Å². The molecule has 0 bridgehead atoms. The Morgan fingerprint density at radius 3 is 2.77 bits per heavy atom. The quantitative estimate of drug-likeness (QED) is 0.736. The zero-order valence-corrected chi connectivity index (χ0v) is 12.9. The van der Waals surface area contributed by atoms with Gasteiger partial charge in [-0.25, -0.2) is 4.39 Å². The van der Waals surface area contributed by atoms with Crippen LogP contribution in [0.3, 0.4) is 0 Å². The third-order valence-corrected chi connectivity index (χ3v) is 3.98. The van der Waals surface area contributed by atoms with Crippen LogP contribution in [-0.4, -0.2) is 36.2 Å². The molecule has 1 aliphatic heterocycles. The summed E-state index contributed by atoms with van der Waals surface area (Å²) in [5.74, 6) is -0.605. The van der Waals surface area contributed by atoms with Gasteiger partial charge in [0.05, 0.1) is 11.8 Å². The van der Waals surface area contributed by atoms with Crippen LogP contribution in [0.25, 0.3) is 0 Å². The Kier molecular flexibility index (Phi) is 5.74. The molecule has 1 aromatic carbocycles. The molecule has 6 heteroatoms. The molecule has 0 saturated carbocycles. The summed E-state index contributed by atoms with van der Waals surface area (Å²) in [6.45, 7) is 3.70. The number of aliphatic hydroxyl groups excluding tert-OH is 1. The van der Waals surface area contributed by atoms with Crippen LogP contribution in [0.2, 0.25) is 0 Å². The summed E-state index contributed by atoms with van der Waals surface area (Å²) in [6, 6.07) is 5.14. The molecule has 4 N–H and O–H groups in total. The van der Waals surface area contributed by atoms with Crippen LogP contribution in [-0.2, 0) is 11.3 Å². The van der Waals surface area contributed by atoms with Crippen LogP contribution >= 0.6 is 0 Å². The average molecular weight is 309 g/mol. The number of nitrogens with one attached hydrogen (secondary N) is 1. The fourth-order valence-electron chi connectivity index (χ4n) is 2.69. The third kappa shape index (κ3) is 4.68. The Morgan fingerprint density at radius 2 is 2.18 bits per heavy atom. The summed E-state index contributed by atoms with van der Waals surface area (Å²) in [5.41, 5.74) is 6.55. The largest absolute Gasteiger partial charge is 0.393 e. The van der Waals surface area contributed by atoms with E-state index in [9.17, 15) is 14.3 Å². The number of rotatable bonds is 6. The van der Waals surface area contributed by atoms with Crippen molar-refractivity contribution in [2.75, 3.05) is 18.0 Å². The van der Waals surface area contributed by atoms with Crippen molar-refractivity contribution in [2.24, 2.45) is 5.73 Å². The number of halogens is 1. The van der Waals surface area contributed by atoms with Gasteiger partial charge in [-0.3, -0.25) is 4.79 Å². The van der Waals surface area contributed by atoms with Crippen LogP contribution in [0.1, 0.15) is 31.7 Å². The average Bonchev–Trinajstić information content (AvgIpc) is 2.46. The van der Waals surface area contributed by atoms with E-state index in [1.807, 2.05) is 17.9 Å². The van der Waals surface area contributed by atoms with Crippen LogP contribution in [0.15, 0.2) is 18.2 Å². The van der Waals surface area contributed by atoms with E-state index >= 15 is 0 Å². The van der Waals surface area contributed by atoms with E-state index in [0.717, 1.165) is 5.56 Å². The summed E-state index contributed by atoms with van der Waals surface area (Å²) >= 11 is 0. The van der Waals surface area contributed by atoms with Gasteiger partial charge >= 0.3 is 0 Å². The number of nitrogens with zero attached hydrogens (tertiary/aromatic N) is 1. The molecule has 1 atom stereocenters. The maximum Gasteiger partial charge on any atom is 0.218 e. The summed E-state index contributed by atoms with van der Waals surface area (Å²) in [6.07, 6.45) is 1.34. The lowest BCUT2D eigenvalue weighted by atomic mass is 10.1. The van der Waals surface area contributed by atoms with Crippen molar-refractivity contribution in [1.29, 1.82) is 0 Å². The number of anilines is 1. The van der Waals surface area contributed by atoms with Crippen LogP contribution in [0.5, 0.6) is 0 Å². The first-order valence-corrected chi connectivity index (χ1v) is 7.69. The highest BCUT2D eigenvalue weighted by Gasteiger charge is 2.19. The van der Waals surface area contributed by atoms with Gasteiger partial charge in [0, 0.05) is 32.1 Å². The van der Waals surface area contributed by atoms with E-state index in [4.69, 9.17) is 5.73 Å². The number of nitrogens with two attached hydrogens (primary N) is 1. The number of hydrogen-bond donors (Lipinski definition) is 3. The van der Waals surface area contributed by atoms with Crippen LogP contribution < -0.4 is 16.0 Å². The Labute approximate surface area is 130 Å². The van der Waals surface area contributed by atoms with Gasteiger partial charge in [-0.2, -0.15) is 0 Å². The zero-order valence-electron chi connectivity index (χ0n) is 12.9. The molecule has 1 fully saturated rings. The minimum Gasteiger partial charge on any atom is -0.393 e. The first-order valence-electron chi connectivity index (χ1n) is 7.69. The standard InChI is InChI=1S/C16H24FN3O2/c1-11(8-16(18)22)19-10-12-2-3-15(14(17)9-12)20-6-4-13(21)5-7-20/h2-3,9,11,13,19,21H,4-8,10H2,1H3,(H2,18,22). The van der Waals surface area contributed by atoms with Crippen molar-refractivity contribution >= 4 is 11.6 Å². The predicted molar refractivity (Wildman–Crippen MR) is 84.0 cm³/mol. The second kappa shape index (κ2) is 7.56. The zero-order chi connectivity index (χ0) is 16.1. The molecule has 1 aromatic rings. The number of primary amides is 1. The van der Waals surface area contributed by atoms with Gasteiger partial charge < -0.3 is 21.1 Å². The van der Waals surface area contributed by atoms with Crippen molar-refractivity contribution in [3.63, 3.8) is 0 Å². The molecule has 0 aliphatic carbocycles. The number of piperidine rings is 1. The molecule has 0 spiro atoms. The molecule has 0 aromatic heterocycles. The molecule has 2 rings (SSSR count). The third-order valence-electron chi connectivity index (χ3n) is 3.98. The summed E-state index contributed by atoms with van der Waals surface area (Å²) in [4.78, 5) is 12.8. The van der Waals surface area contributed by atoms with Crippen LogP contribution in [0, 0.1) is 5.82 Å². The van der Waals surface area contributed by atoms with Gasteiger partial charge in [0.2, 0.25) is 5.91 Å². The molecule has 1 heterocycles. The highest BCUT2D eigenvalue weighted by Crippen LogP contribution is 2.24. The highest BCUT2D eigenvalue weighted by atomic mass is 19.1. The Balaban J connectivity index is 1.93. The number of amides is 1. The molecule has 1 unspecified atom stereocenters. The number of aliphatic hydroxyl groups is 1. The fourth-order valence-corrected chi connectivity index (χ4v) is 2.69. The number of hydrogen-bond acceptors (Lipinski definition) is 4. The minimum atomic E-state index is -0.353. The fraction of sp³-hybridized carbons (Fsp3) is 0.562. The maximum absolute atomic E-state index is 14.3.